The van der Waals surface area contributed by atoms with E-state index in [9.17, 15) is 9.59 Å². The van der Waals surface area contributed by atoms with Crippen LogP contribution < -0.4 is 16.0 Å². The molecule has 1 aliphatic carbocycles. The Hall–Kier alpha value is -1.92. The molecule has 1 aromatic carbocycles. The van der Waals surface area contributed by atoms with Crippen LogP contribution in [0.3, 0.4) is 0 Å². The first-order chi connectivity index (χ1) is 12.5. The Morgan fingerprint density at radius 1 is 1.23 bits per heavy atom. The maximum absolute atomic E-state index is 13.0. The van der Waals surface area contributed by atoms with Gasteiger partial charge in [-0.15, -0.1) is 0 Å². The first-order valence-electron chi connectivity index (χ1n) is 9.48. The Kier molecular flexibility index (Phi) is 5.94. The van der Waals surface area contributed by atoms with Crippen molar-refractivity contribution in [2.24, 2.45) is 5.41 Å². The lowest BCUT2D eigenvalue weighted by Gasteiger charge is -2.30. The highest BCUT2D eigenvalue weighted by Crippen LogP contribution is 2.38. The summed E-state index contributed by atoms with van der Waals surface area (Å²) in [6.45, 7) is 6.16. The largest absolute Gasteiger partial charge is 0.378 e. The van der Waals surface area contributed by atoms with Crippen molar-refractivity contribution in [1.29, 1.82) is 0 Å². The predicted molar refractivity (Wildman–Crippen MR) is 101 cm³/mol. The molecule has 3 rings (SSSR count). The van der Waals surface area contributed by atoms with Crippen molar-refractivity contribution < 1.29 is 14.3 Å². The molecule has 1 saturated carbocycles. The van der Waals surface area contributed by atoms with Gasteiger partial charge >= 0.3 is 0 Å². The van der Waals surface area contributed by atoms with Crippen molar-refractivity contribution in [3.8, 4) is 0 Å². The number of benzene rings is 1. The number of anilines is 1. The van der Waals surface area contributed by atoms with Crippen molar-refractivity contribution in [1.82, 2.24) is 10.6 Å². The number of carbonyl (C=O) groups is 2. The second-order valence-corrected chi connectivity index (χ2v) is 7.54. The molecule has 26 heavy (non-hydrogen) atoms. The van der Waals surface area contributed by atoms with Crippen LogP contribution in [0.2, 0.25) is 0 Å². The average molecular weight is 359 g/mol. The summed E-state index contributed by atoms with van der Waals surface area (Å²) < 4.78 is 5.34. The number of amides is 2. The van der Waals surface area contributed by atoms with Gasteiger partial charge in [0.25, 0.3) is 0 Å². The molecule has 0 spiro atoms. The number of rotatable bonds is 5. The highest BCUT2D eigenvalue weighted by molar-refractivity contribution is 5.96. The monoisotopic (exact) mass is 359 g/mol. The fourth-order valence-electron chi connectivity index (χ4n) is 3.73. The van der Waals surface area contributed by atoms with Crippen molar-refractivity contribution in [3.63, 3.8) is 0 Å². The standard InChI is InChI=1S/C20H29N3O3/c1-14-5-6-16(11-15(14)2)23-19(25)20(7-3-4-8-20)13-22-18(24)17-12-26-10-9-21-17/h5-6,11,17,21H,3-4,7-10,12-13H2,1-2H3,(H,22,24)(H,23,25). The average Bonchev–Trinajstić information content (AvgIpc) is 3.14. The Labute approximate surface area is 155 Å². The molecule has 142 valence electrons. The predicted octanol–water partition coefficient (Wildman–Crippen LogP) is 1.91. The number of morpholine rings is 1. The summed E-state index contributed by atoms with van der Waals surface area (Å²) in [5.74, 6) is -0.0821. The zero-order chi connectivity index (χ0) is 18.6. The highest BCUT2D eigenvalue weighted by Gasteiger charge is 2.41. The fourth-order valence-corrected chi connectivity index (χ4v) is 3.73. The van der Waals surface area contributed by atoms with Gasteiger partial charge in [0.05, 0.1) is 18.6 Å². The Morgan fingerprint density at radius 2 is 2.00 bits per heavy atom. The molecule has 0 bridgehead atoms. The summed E-state index contributed by atoms with van der Waals surface area (Å²) in [5.41, 5.74) is 2.65. The third kappa shape index (κ3) is 4.24. The van der Waals surface area contributed by atoms with Gasteiger partial charge in [0.1, 0.15) is 6.04 Å². The maximum atomic E-state index is 13.0. The maximum Gasteiger partial charge on any atom is 0.239 e. The molecular weight excluding hydrogens is 330 g/mol. The number of nitrogens with one attached hydrogen (secondary N) is 3. The normalized spacial score (nSPS) is 22.0. The minimum absolute atomic E-state index is 0.00593. The number of ether oxygens (including phenoxy) is 1. The van der Waals surface area contributed by atoms with Crippen LogP contribution in [0.4, 0.5) is 5.69 Å². The SMILES string of the molecule is Cc1ccc(NC(=O)C2(CNC(=O)C3COCCN3)CCCC2)cc1C. The lowest BCUT2D eigenvalue weighted by molar-refractivity contribution is -0.128. The zero-order valence-electron chi connectivity index (χ0n) is 15.7. The smallest absolute Gasteiger partial charge is 0.239 e. The van der Waals surface area contributed by atoms with Gasteiger partial charge in [-0.3, -0.25) is 9.59 Å². The minimum atomic E-state index is -0.524. The lowest BCUT2D eigenvalue weighted by Crippen LogP contribution is -2.54. The van der Waals surface area contributed by atoms with E-state index in [1.165, 1.54) is 5.56 Å². The third-order valence-electron chi connectivity index (χ3n) is 5.65. The Morgan fingerprint density at radius 3 is 2.65 bits per heavy atom. The number of carbonyl (C=O) groups excluding carboxylic acids is 2. The van der Waals surface area contributed by atoms with Gasteiger partial charge in [0, 0.05) is 18.8 Å². The molecule has 2 fully saturated rings. The lowest BCUT2D eigenvalue weighted by atomic mass is 9.84. The molecule has 6 nitrogen and oxygen atoms in total. The van der Waals surface area contributed by atoms with Gasteiger partial charge < -0.3 is 20.7 Å². The van der Waals surface area contributed by atoms with E-state index in [0.29, 0.717) is 26.3 Å². The van der Waals surface area contributed by atoms with E-state index in [1.807, 2.05) is 25.1 Å². The first-order valence-corrected chi connectivity index (χ1v) is 9.48. The van der Waals surface area contributed by atoms with Crippen LogP contribution in [0.5, 0.6) is 0 Å². The van der Waals surface area contributed by atoms with Crippen LogP contribution in [-0.2, 0) is 14.3 Å². The molecule has 1 unspecified atom stereocenters. The Balaban J connectivity index is 1.63. The van der Waals surface area contributed by atoms with Gasteiger partial charge in [-0.05, 0) is 49.9 Å². The van der Waals surface area contributed by atoms with Crippen molar-refractivity contribution >= 4 is 17.5 Å². The summed E-state index contributed by atoms with van der Waals surface area (Å²) >= 11 is 0. The van der Waals surface area contributed by atoms with E-state index in [4.69, 9.17) is 4.74 Å². The number of hydrogen-bond donors (Lipinski definition) is 3. The third-order valence-corrected chi connectivity index (χ3v) is 5.65. The van der Waals surface area contributed by atoms with Crippen molar-refractivity contribution in [2.75, 3.05) is 31.6 Å². The molecule has 3 N–H and O–H groups in total. The fraction of sp³-hybridized carbons (Fsp3) is 0.600. The topological polar surface area (TPSA) is 79.5 Å². The van der Waals surface area contributed by atoms with Crippen molar-refractivity contribution in [2.45, 2.75) is 45.6 Å². The summed E-state index contributed by atoms with van der Waals surface area (Å²) in [6.07, 6.45) is 3.64. The molecule has 1 aliphatic heterocycles. The van der Waals surface area contributed by atoms with E-state index in [-0.39, 0.29) is 17.9 Å². The molecule has 2 aliphatic rings. The zero-order valence-corrected chi connectivity index (χ0v) is 15.7. The quantitative estimate of drug-likeness (QED) is 0.750. The van der Waals surface area contributed by atoms with Gasteiger partial charge in [-0.2, -0.15) is 0 Å². The summed E-state index contributed by atoms with van der Waals surface area (Å²) in [5, 5.41) is 9.20. The molecule has 2 amide bonds. The first kappa shape index (κ1) is 18.9. The van der Waals surface area contributed by atoms with Gasteiger partial charge in [0.15, 0.2) is 0 Å². The molecular formula is C20H29N3O3. The van der Waals surface area contributed by atoms with Crippen LogP contribution in [0, 0.1) is 19.3 Å². The molecule has 6 heteroatoms. The molecule has 1 saturated heterocycles. The van der Waals surface area contributed by atoms with Crippen LogP contribution in [0.15, 0.2) is 18.2 Å². The van der Waals surface area contributed by atoms with Crippen LogP contribution in [0.1, 0.15) is 36.8 Å². The van der Waals surface area contributed by atoms with Gasteiger partial charge in [0.2, 0.25) is 11.8 Å². The van der Waals surface area contributed by atoms with E-state index >= 15 is 0 Å². The van der Waals surface area contributed by atoms with Crippen molar-refractivity contribution in [3.05, 3.63) is 29.3 Å². The molecule has 0 aromatic heterocycles. The molecule has 0 radical (unpaired) electrons. The van der Waals surface area contributed by atoms with E-state index < -0.39 is 5.41 Å². The van der Waals surface area contributed by atoms with Crippen LogP contribution in [0.25, 0.3) is 0 Å². The second kappa shape index (κ2) is 8.18. The molecule has 1 aromatic rings. The van der Waals surface area contributed by atoms with Gasteiger partial charge in [-0.25, -0.2) is 0 Å². The summed E-state index contributed by atoms with van der Waals surface area (Å²) in [7, 11) is 0. The van der Waals surface area contributed by atoms with E-state index in [1.54, 1.807) is 0 Å². The summed E-state index contributed by atoms with van der Waals surface area (Å²) in [4.78, 5) is 25.4. The van der Waals surface area contributed by atoms with Crippen LogP contribution in [-0.4, -0.2) is 44.2 Å². The minimum Gasteiger partial charge on any atom is -0.378 e. The van der Waals surface area contributed by atoms with Gasteiger partial charge in [-0.1, -0.05) is 18.9 Å². The highest BCUT2D eigenvalue weighted by atomic mass is 16.5. The second-order valence-electron chi connectivity index (χ2n) is 7.54. The number of aryl methyl sites for hydroxylation is 2. The summed E-state index contributed by atoms with van der Waals surface area (Å²) in [6, 6.07) is 5.62. The van der Waals surface area contributed by atoms with E-state index in [0.717, 1.165) is 36.9 Å². The van der Waals surface area contributed by atoms with Crippen LogP contribution >= 0.6 is 0 Å². The number of hydrogen-bond acceptors (Lipinski definition) is 4. The molecule has 1 atom stereocenters. The molecule has 1 heterocycles. The van der Waals surface area contributed by atoms with E-state index in [2.05, 4.69) is 22.9 Å². The Bertz CT molecular complexity index is 662.